The van der Waals surface area contributed by atoms with Gasteiger partial charge < -0.3 is 0 Å². The Morgan fingerprint density at radius 2 is 1.62 bits per heavy atom. The largest absolute Gasteiger partial charge is 0.292 e. The Balaban J connectivity index is 1.54. The lowest BCUT2D eigenvalue weighted by Crippen LogP contribution is -2.46. The Morgan fingerprint density at radius 3 is 2.31 bits per heavy atom. The maximum absolute atomic E-state index is 13.4. The molecule has 0 saturated carbocycles. The fraction of sp³-hybridized carbons (Fsp3) is 0.318. The van der Waals surface area contributed by atoms with Gasteiger partial charge in [-0.05, 0) is 67.9 Å². The predicted molar refractivity (Wildman–Crippen MR) is 105 cm³/mol. The topological polar surface area (TPSA) is 57.7 Å². The molecular formula is C22H18ClFN2O3. The van der Waals surface area contributed by atoms with E-state index in [0.717, 1.165) is 17.7 Å². The van der Waals surface area contributed by atoms with Crippen LogP contribution in [0.3, 0.4) is 0 Å². The zero-order valence-corrected chi connectivity index (χ0v) is 16.2. The lowest BCUT2D eigenvalue weighted by atomic mass is 9.85. The number of hydrogen-bond acceptors (Lipinski definition) is 4. The normalized spacial score (nSPS) is 28.7. The molecule has 2 aromatic carbocycles. The van der Waals surface area contributed by atoms with Gasteiger partial charge in [-0.15, -0.1) is 0 Å². The zero-order valence-electron chi connectivity index (χ0n) is 15.4. The molecule has 3 aliphatic heterocycles. The number of amides is 2. The van der Waals surface area contributed by atoms with Crippen molar-refractivity contribution >= 4 is 34.9 Å². The minimum Gasteiger partial charge on any atom is -0.292 e. The highest BCUT2D eigenvalue weighted by Gasteiger charge is 2.64. The van der Waals surface area contributed by atoms with E-state index in [0.29, 0.717) is 22.8 Å². The van der Waals surface area contributed by atoms with Gasteiger partial charge in [-0.1, -0.05) is 11.6 Å². The molecule has 0 radical (unpaired) electrons. The van der Waals surface area contributed by atoms with E-state index in [4.69, 9.17) is 11.6 Å². The fourth-order valence-corrected chi connectivity index (χ4v) is 5.27. The maximum atomic E-state index is 13.4. The van der Waals surface area contributed by atoms with Gasteiger partial charge in [-0.25, -0.2) is 9.29 Å². The van der Waals surface area contributed by atoms with E-state index >= 15 is 0 Å². The van der Waals surface area contributed by atoms with Gasteiger partial charge in [0.05, 0.1) is 23.6 Å². The highest BCUT2D eigenvalue weighted by Crippen LogP contribution is 2.48. The summed E-state index contributed by atoms with van der Waals surface area (Å²) in [4.78, 5) is 43.1. The van der Waals surface area contributed by atoms with Crippen LogP contribution in [0.1, 0.15) is 23.2 Å². The van der Waals surface area contributed by atoms with Gasteiger partial charge in [0.1, 0.15) is 5.82 Å². The first-order valence-electron chi connectivity index (χ1n) is 9.66. The number of anilines is 1. The summed E-state index contributed by atoms with van der Waals surface area (Å²) in [6.45, 7) is 0.693. The van der Waals surface area contributed by atoms with Crippen LogP contribution in [-0.2, 0) is 9.59 Å². The third-order valence-corrected chi connectivity index (χ3v) is 6.59. The highest BCUT2D eigenvalue weighted by molar-refractivity contribution is 6.30. The van der Waals surface area contributed by atoms with Crippen LogP contribution in [0.15, 0.2) is 48.5 Å². The van der Waals surface area contributed by atoms with E-state index in [1.807, 2.05) is 4.90 Å². The number of rotatable bonds is 3. The number of nitrogens with zero attached hydrogens (tertiary/aromatic N) is 2. The SMILES string of the molecule is O=C(c1ccc(Cl)cc1)[C@@H]1[C@H]2C(=O)N(c3ccc(F)cc3)C(=O)[C@@H]2[C@H]2CCCN21. The van der Waals surface area contributed by atoms with Crippen LogP contribution < -0.4 is 4.90 Å². The van der Waals surface area contributed by atoms with Crippen LogP contribution in [0.5, 0.6) is 0 Å². The fourth-order valence-electron chi connectivity index (χ4n) is 5.14. The average Bonchev–Trinajstić information content (AvgIpc) is 3.35. The molecule has 3 aliphatic rings. The Labute approximate surface area is 172 Å². The lowest BCUT2D eigenvalue weighted by Gasteiger charge is -2.27. The van der Waals surface area contributed by atoms with Gasteiger partial charge in [-0.2, -0.15) is 0 Å². The molecule has 0 spiro atoms. The molecule has 3 heterocycles. The van der Waals surface area contributed by atoms with Crippen molar-refractivity contribution < 1.29 is 18.8 Å². The Bertz CT molecular complexity index is 1010. The molecule has 2 amide bonds. The number of ketones is 1. The summed E-state index contributed by atoms with van der Waals surface area (Å²) in [5.41, 5.74) is 0.823. The van der Waals surface area contributed by atoms with Crippen LogP contribution in [0.2, 0.25) is 5.02 Å². The minimum atomic E-state index is -0.721. The molecule has 7 heteroatoms. The standard InChI is InChI=1S/C22H18ClFN2O3/c23-13-5-3-12(4-6-13)20(27)19-18-17(16-2-1-11-25(16)19)21(28)26(22(18)29)15-9-7-14(24)8-10-15/h3-10,16-19H,1-2,11H2/t16-,17-,18+,19+/m1/s1. The number of carbonyl (C=O) groups is 3. The van der Waals surface area contributed by atoms with Gasteiger partial charge in [0.15, 0.2) is 5.78 Å². The van der Waals surface area contributed by atoms with Gasteiger partial charge in [0.2, 0.25) is 11.8 Å². The second-order valence-corrected chi connectivity index (χ2v) is 8.24. The summed E-state index contributed by atoms with van der Waals surface area (Å²) in [7, 11) is 0. The van der Waals surface area contributed by atoms with Gasteiger partial charge in [0.25, 0.3) is 0 Å². The van der Waals surface area contributed by atoms with Crippen molar-refractivity contribution in [3.8, 4) is 0 Å². The van der Waals surface area contributed by atoms with Gasteiger partial charge >= 0.3 is 0 Å². The first-order chi connectivity index (χ1) is 14.0. The number of hydrogen-bond donors (Lipinski definition) is 0. The highest BCUT2D eigenvalue weighted by atomic mass is 35.5. The second kappa shape index (κ2) is 6.75. The first-order valence-corrected chi connectivity index (χ1v) is 10.0. The van der Waals surface area contributed by atoms with Crippen LogP contribution in [-0.4, -0.2) is 41.1 Å². The molecule has 3 saturated heterocycles. The first kappa shape index (κ1) is 18.5. The molecule has 29 heavy (non-hydrogen) atoms. The van der Waals surface area contributed by atoms with E-state index in [-0.39, 0.29) is 23.6 Å². The number of imide groups is 1. The van der Waals surface area contributed by atoms with Crippen LogP contribution >= 0.6 is 11.6 Å². The molecule has 5 nitrogen and oxygen atoms in total. The molecule has 148 valence electrons. The molecule has 0 aliphatic carbocycles. The van der Waals surface area contributed by atoms with E-state index in [1.165, 1.54) is 24.3 Å². The quantitative estimate of drug-likeness (QED) is 0.573. The van der Waals surface area contributed by atoms with Crippen LogP contribution in [0, 0.1) is 17.7 Å². The van der Waals surface area contributed by atoms with Gasteiger partial charge in [-0.3, -0.25) is 19.3 Å². The van der Waals surface area contributed by atoms with Crippen molar-refractivity contribution in [2.75, 3.05) is 11.4 Å². The molecule has 4 atom stereocenters. The third kappa shape index (κ3) is 2.74. The molecule has 3 fully saturated rings. The van der Waals surface area contributed by atoms with Crippen LogP contribution in [0.4, 0.5) is 10.1 Å². The Morgan fingerprint density at radius 1 is 0.966 bits per heavy atom. The van der Waals surface area contributed by atoms with Crippen molar-refractivity contribution in [3.05, 3.63) is 64.9 Å². The maximum Gasteiger partial charge on any atom is 0.239 e. The molecule has 0 N–H and O–H groups in total. The number of fused-ring (bicyclic) bond motifs is 3. The molecule has 0 bridgehead atoms. The van der Waals surface area contributed by atoms with E-state index in [9.17, 15) is 18.8 Å². The minimum absolute atomic E-state index is 0.122. The number of halogens is 2. The molecular weight excluding hydrogens is 395 g/mol. The number of benzene rings is 2. The van der Waals surface area contributed by atoms with E-state index < -0.39 is 23.7 Å². The second-order valence-electron chi connectivity index (χ2n) is 7.80. The third-order valence-electron chi connectivity index (χ3n) is 6.33. The van der Waals surface area contributed by atoms with Gasteiger partial charge in [0, 0.05) is 16.6 Å². The smallest absolute Gasteiger partial charge is 0.239 e. The number of carbonyl (C=O) groups excluding carboxylic acids is 3. The molecule has 2 aromatic rings. The lowest BCUT2D eigenvalue weighted by molar-refractivity contribution is -0.123. The van der Waals surface area contributed by atoms with Crippen molar-refractivity contribution in [2.45, 2.75) is 24.9 Å². The van der Waals surface area contributed by atoms with Crippen molar-refractivity contribution in [1.82, 2.24) is 4.90 Å². The monoisotopic (exact) mass is 412 g/mol. The van der Waals surface area contributed by atoms with Crippen molar-refractivity contribution in [1.29, 1.82) is 0 Å². The molecule has 0 aromatic heterocycles. The summed E-state index contributed by atoms with van der Waals surface area (Å²) in [5, 5.41) is 0.527. The zero-order chi connectivity index (χ0) is 20.3. The average molecular weight is 413 g/mol. The summed E-state index contributed by atoms with van der Waals surface area (Å²) in [6, 6.07) is 11.1. The van der Waals surface area contributed by atoms with Crippen molar-refractivity contribution in [3.63, 3.8) is 0 Å². The number of Topliss-reactive ketones (excluding diaryl/α,β-unsaturated/α-hetero) is 1. The summed E-state index contributed by atoms with van der Waals surface area (Å²) >= 11 is 5.94. The summed E-state index contributed by atoms with van der Waals surface area (Å²) in [5.74, 6) is -2.55. The van der Waals surface area contributed by atoms with Crippen LogP contribution in [0.25, 0.3) is 0 Å². The summed E-state index contributed by atoms with van der Waals surface area (Å²) < 4.78 is 13.3. The summed E-state index contributed by atoms with van der Waals surface area (Å²) in [6.07, 6.45) is 1.66. The molecule has 0 unspecified atom stereocenters. The Hall–Kier alpha value is -2.57. The van der Waals surface area contributed by atoms with E-state index in [2.05, 4.69) is 0 Å². The Kier molecular flexibility index (Phi) is 4.29. The van der Waals surface area contributed by atoms with Crippen molar-refractivity contribution in [2.24, 2.45) is 11.8 Å². The molecule has 5 rings (SSSR count). The van der Waals surface area contributed by atoms with E-state index in [1.54, 1.807) is 24.3 Å². The predicted octanol–water partition coefficient (Wildman–Crippen LogP) is 3.31.